The molecule has 11 heteroatoms. The van der Waals surface area contributed by atoms with Crippen molar-refractivity contribution in [2.75, 3.05) is 66.1 Å². The van der Waals surface area contributed by atoms with E-state index in [1.54, 1.807) is 0 Å². The Kier molecular flexibility index (Phi) is 22.5. The molecule has 2 aliphatic rings. The highest BCUT2D eigenvalue weighted by atomic mass is 16.6. The van der Waals surface area contributed by atoms with Crippen molar-refractivity contribution in [1.29, 1.82) is 0 Å². The quantitative estimate of drug-likeness (QED) is 0.0985. The topological polar surface area (TPSA) is 157 Å². The molecule has 16 bridgehead atoms. The van der Waals surface area contributed by atoms with Crippen LogP contribution in [0, 0.1) is 0 Å². The van der Waals surface area contributed by atoms with Crippen molar-refractivity contribution in [3.05, 3.63) is 202 Å². The highest BCUT2D eigenvalue weighted by Gasteiger charge is 2.31. The van der Waals surface area contributed by atoms with E-state index in [1.165, 1.54) is 0 Å². The standard InChI is InChI=1S/C87H116O11/c1-81(2,3)67-39-53-32-55-41-68(82(4,5)6)45-59(75(55)89)35-63-49-72(86(16,17)18)51-65-37-61-47-70(84(10,11)12)43-57(77(61)91)34-58-44-71(85(13,14)15)48-62(78(58)92)38-66-52-73(87(19,20)21)50-64(36-60-46-69(83(7,8)9)42-56(76(60)90)33-54(40-67)74(53)88)80(66)98-31-29-96-27-25-94-23-22-93-24-26-95-28-30-97-79(63)65/h39-52,88-92H,22-38H2,1-21H3. The summed E-state index contributed by atoms with van der Waals surface area (Å²) in [6.07, 6.45) is 1.87. The second-order valence-corrected chi connectivity index (χ2v) is 35.1. The maximum atomic E-state index is 13.1. The monoisotopic (exact) mass is 1340 g/mol. The number of hydrogen-bond acceptors (Lipinski definition) is 11. The van der Waals surface area contributed by atoms with Crippen LogP contribution >= 0.6 is 0 Å². The number of phenols is 5. The molecule has 5 N–H and O–H groups in total. The first kappa shape index (κ1) is 75.2. The third-order valence-electron chi connectivity index (χ3n) is 19.6. The lowest BCUT2D eigenvalue weighted by Gasteiger charge is -2.27. The van der Waals surface area contributed by atoms with E-state index in [0.717, 1.165) is 72.3 Å². The van der Waals surface area contributed by atoms with Gasteiger partial charge < -0.3 is 54.0 Å². The van der Waals surface area contributed by atoms with E-state index in [2.05, 4.69) is 230 Å². The molecular weight excluding hydrogens is 1220 g/mol. The summed E-state index contributed by atoms with van der Waals surface area (Å²) in [4.78, 5) is 0. The fourth-order valence-electron chi connectivity index (χ4n) is 13.2. The Morgan fingerprint density at radius 2 is 0.316 bits per heavy atom. The molecule has 0 atom stereocenters. The number of ether oxygens (including phenoxy) is 6. The van der Waals surface area contributed by atoms with Crippen molar-refractivity contribution in [3.8, 4) is 40.2 Å². The fourth-order valence-corrected chi connectivity index (χ4v) is 13.2. The molecule has 0 saturated carbocycles. The first-order valence-corrected chi connectivity index (χ1v) is 35.7. The van der Waals surface area contributed by atoms with Crippen molar-refractivity contribution in [3.63, 3.8) is 0 Å². The summed E-state index contributed by atoms with van der Waals surface area (Å²) in [5, 5.41) is 65.4. The molecule has 0 unspecified atom stereocenters. The van der Waals surface area contributed by atoms with Gasteiger partial charge in [-0.1, -0.05) is 230 Å². The molecule has 0 spiro atoms. The molecule has 0 aromatic heterocycles. The summed E-state index contributed by atoms with van der Waals surface area (Å²) < 4.78 is 38.4. The van der Waals surface area contributed by atoms with Gasteiger partial charge >= 0.3 is 0 Å². The Balaban J connectivity index is 1.40. The Labute approximate surface area is 587 Å². The van der Waals surface area contributed by atoms with Crippen molar-refractivity contribution >= 4 is 0 Å². The molecule has 11 nitrogen and oxygen atoms in total. The van der Waals surface area contributed by atoms with Crippen LogP contribution in [0.25, 0.3) is 0 Å². The van der Waals surface area contributed by atoms with E-state index in [-0.39, 0.29) is 112 Å². The molecule has 0 saturated heterocycles. The van der Waals surface area contributed by atoms with Gasteiger partial charge in [0.2, 0.25) is 0 Å². The second-order valence-electron chi connectivity index (χ2n) is 35.1. The van der Waals surface area contributed by atoms with Crippen molar-refractivity contribution in [2.45, 2.75) is 228 Å². The van der Waals surface area contributed by atoms with Crippen LogP contribution in [0.5, 0.6) is 40.2 Å². The molecule has 530 valence electrons. The van der Waals surface area contributed by atoms with Crippen LogP contribution in [0.1, 0.15) is 262 Å². The highest BCUT2D eigenvalue weighted by Crippen LogP contribution is 2.46. The molecular formula is C87H116O11. The molecule has 7 aromatic carbocycles. The minimum atomic E-state index is -0.347. The Hall–Kier alpha value is -7.02. The van der Waals surface area contributed by atoms with Gasteiger partial charge in [0.15, 0.2) is 0 Å². The summed E-state index contributed by atoms with van der Waals surface area (Å²) in [5.41, 5.74) is 15.2. The minimum Gasteiger partial charge on any atom is -0.507 e. The van der Waals surface area contributed by atoms with Crippen molar-refractivity contribution in [1.82, 2.24) is 0 Å². The zero-order valence-corrected chi connectivity index (χ0v) is 63.3. The summed E-state index contributed by atoms with van der Waals surface area (Å²) in [7, 11) is 0. The Morgan fingerprint density at radius 3 is 0.459 bits per heavy atom. The first-order valence-electron chi connectivity index (χ1n) is 35.7. The van der Waals surface area contributed by atoms with E-state index in [0.29, 0.717) is 121 Å². The average molecular weight is 1340 g/mol. The molecule has 1 aliphatic heterocycles. The van der Waals surface area contributed by atoms with Crippen LogP contribution < -0.4 is 9.47 Å². The Bertz CT molecular complexity index is 3760. The lowest BCUT2D eigenvalue weighted by molar-refractivity contribution is -0.00706. The largest absolute Gasteiger partial charge is 0.507 e. The second kappa shape index (κ2) is 29.3. The molecule has 1 aliphatic carbocycles. The fraction of sp³-hybridized carbons (Fsp3) is 0.517. The maximum absolute atomic E-state index is 13.1. The third kappa shape index (κ3) is 18.3. The first-order chi connectivity index (χ1) is 45.5. The zero-order valence-electron chi connectivity index (χ0n) is 63.3. The van der Waals surface area contributed by atoms with Gasteiger partial charge in [-0.25, -0.2) is 0 Å². The van der Waals surface area contributed by atoms with E-state index < -0.39 is 0 Å². The smallest absolute Gasteiger partial charge is 0.126 e. The van der Waals surface area contributed by atoms with Crippen LogP contribution in [-0.4, -0.2) is 91.6 Å². The van der Waals surface area contributed by atoms with Crippen molar-refractivity contribution < 1.29 is 54.0 Å². The third-order valence-corrected chi connectivity index (χ3v) is 19.6. The molecule has 9 rings (SSSR count). The molecule has 7 aromatic rings. The van der Waals surface area contributed by atoms with Crippen LogP contribution in [0.15, 0.2) is 84.9 Å². The maximum Gasteiger partial charge on any atom is 0.126 e. The molecule has 98 heavy (non-hydrogen) atoms. The number of fused-ring (bicyclic) bond motifs is 6. The predicted octanol–water partition coefficient (Wildman–Crippen LogP) is 18.6. The molecule has 1 heterocycles. The van der Waals surface area contributed by atoms with Gasteiger partial charge in [0.05, 0.1) is 52.9 Å². The van der Waals surface area contributed by atoms with Crippen LogP contribution in [0.2, 0.25) is 0 Å². The van der Waals surface area contributed by atoms with Crippen molar-refractivity contribution in [2.24, 2.45) is 0 Å². The normalized spacial score (nSPS) is 15.9. The van der Waals surface area contributed by atoms with Gasteiger partial charge in [0.25, 0.3) is 0 Å². The Morgan fingerprint density at radius 1 is 0.194 bits per heavy atom. The van der Waals surface area contributed by atoms with Crippen LogP contribution in [0.3, 0.4) is 0 Å². The number of rotatable bonds is 0. The summed E-state index contributed by atoms with van der Waals surface area (Å²) in [6, 6.07) is 29.9. The van der Waals surface area contributed by atoms with E-state index in [1.807, 2.05) is 0 Å². The van der Waals surface area contributed by atoms with Gasteiger partial charge in [-0.05, 0) is 155 Å². The van der Waals surface area contributed by atoms with Crippen LogP contribution in [0.4, 0.5) is 0 Å². The van der Waals surface area contributed by atoms with Gasteiger partial charge in [-0.15, -0.1) is 0 Å². The van der Waals surface area contributed by atoms with Gasteiger partial charge in [0.1, 0.15) is 53.5 Å². The van der Waals surface area contributed by atoms with Gasteiger partial charge in [0, 0.05) is 44.9 Å². The number of hydrogen-bond donors (Lipinski definition) is 5. The van der Waals surface area contributed by atoms with E-state index in [9.17, 15) is 25.5 Å². The van der Waals surface area contributed by atoms with Gasteiger partial charge in [-0.2, -0.15) is 0 Å². The summed E-state index contributed by atoms with van der Waals surface area (Å²) >= 11 is 0. The minimum absolute atomic E-state index is 0.111. The molecule has 0 fully saturated rings. The van der Waals surface area contributed by atoms with E-state index in [4.69, 9.17) is 28.4 Å². The lowest BCUT2D eigenvalue weighted by atomic mass is 9.79. The number of aromatic hydroxyl groups is 5. The summed E-state index contributed by atoms with van der Waals surface area (Å²) in [6.45, 7) is 49.2. The SMILES string of the molecule is CC(C)(C)c1cc2c(O)c(c1)Cc1cc(C(C)(C)C)cc(c1O)Cc1cc(C(C)(C)C)cc3c1OCCOCCOCCOCCOCCOc1c(cc(C(C)(C)C)cc1Cc1cc(C(C)(C)C)cc(c1O)Cc1cc(C(C)(C)C)cc(c1O)C3)Cc1cc(C(C)(C)C)cc(c1O)C2. The van der Waals surface area contributed by atoms with Crippen LogP contribution in [-0.2, 0) is 102 Å². The summed E-state index contributed by atoms with van der Waals surface area (Å²) in [5.74, 6) is 1.95. The highest BCUT2D eigenvalue weighted by molar-refractivity contribution is 5.62. The number of benzene rings is 7. The number of phenolic OH excluding ortho intramolecular Hbond substituents is 5. The van der Waals surface area contributed by atoms with E-state index >= 15 is 0 Å². The average Bonchev–Trinajstić information content (AvgIpc) is 0.778. The lowest BCUT2D eigenvalue weighted by Crippen LogP contribution is -2.17. The molecule has 0 amide bonds. The molecule has 0 radical (unpaired) electrons. The predicted molar refractivity (Wildman–Crippen MR) is 398 cm³/mol. The zero-order chi connectivity index (χ0) is 71.8. The van der Waals surface area contributed by atoms with Gasteiger partial charge in [-0.3, -0.25) is 0 Å².